The van der Waals surface area contributed by atoms with Crippen molar-refractivity contribution < 1.29 is 51.1 Å². The van der Waals surface area contributed by atoms with Crippen LogP contribution in [0.2, 0.25) is 0 Å². The first kappa shape index (κ1) is 35.9. The molecule has 0 aromatic heterocycles. The Kier molecular flexibility index (Phi) is 13.0. The van der Waals surface area contributed by atoms with Crippen LogP contribution in [0.5, 0.6) is 5.75 Å². The molecule has 230 valence electrons. The Balaban J connectivity index is 0.00000882. The van der Waals surface area contributed by atoms with Crippen LogP contribution in [0.4, 0.5) is 23.2 Å². The van der Waals surface area contributed by atoms with Crippen LogP contribution in [0.1, 0.15) is 60.5 Å². The number of hydrogen-bond donors (Lipinski definition) is 2. The maximum Gasteiger partial charge on any atom is 0.335 e. The molecule has 2 atom stereocenters. The minimum Gasteiger partial charge on any atom is -0.479 e. The number of benzene rings is 2. The van der Waals surface area contributed by atoms with E-state index in [1.165, 1.54) is 6.92 Å². The lowest BCUT2D eigenvalue weighted by Gasteiger charge is -2.23. The molecule has 13 heteroatoms. The number of carbonyl (C=O) groups is 5. The van der Waals surface area contributed by atoms with Crippen LogP contribution in [0, 0.1) is 29.2 Å². The fourth-order valence-electron chi connectivity index (χ4n) is 3.51. The fourth-order valence-corrected chi connectivity index (χ4v) is 3.51. The molecule has 0 bridgehead atoms. The number of ketones is 3. The summed E-state index contributed by atoms with van der Waals surface area (Å²) < 4.78 is 59.1. The maximum atomic E-state index is 13.8. The number of carbonyl (C=O) groups excluding carboxylic acids is 5. The summed E-state index contributed by atoms with van der Waals surface area (Å²) in [6.45, 7) is 6.90. The number of halogens is 4. The zero-order chi connectivity index (χ0) is 31.1. The average molecular weight is 599 g/mol. The van der Waals surface area contributed by atoms with Crippen molar-refractivity contribution in [2.75, 3.05) is 11.9 Å². The molecule has 2 aromatic carbocycles. The van der Waals surface area contributed by atoms with Gasteiger partial charge in [-0.05, 0) is 37.3 Å². The lowest BCUT2D eigenvalue weighted by molar-refractivity contribution is -0.162. The van der Waals surface area contributed by atoms with Crippen LogP contribution in [0.15, 0.2) is 30.3 Å². The van der Waals surface area contributed by atoms with Crippen molar-refractivity contribution in [3.05, 3.63) is 59.2 Å². The van der Waals surface area contributed by atoms with Crippen molar-refractivity contribution in [2.24, 2.45) is 5.92 Å². The predicted molar refractivity (Wildman–Crippen MR) is 144 cm³/mol. The smallest absolute Gasteiger partial charge is 0.335 e. The highest BCUT2D eigenvalue weighted by molar-refractivity contribution is 6.44. The summed E-state index contributed by atoms with van der Waals surface area (Å²) in [7, 11) is 0. The number of ether oxygens (including phenoxy) is 1. The van der Waals surface area contributed by atoms with Crippen LogP contribution < -0.4 is 15.5 Å². The number of amides is 1. The molecule has 2 N–H and O–H groups in total. The second-order valence-corrected chi connectivity index (χ2v) is 10.2. The molecule has 0 aliphatic heterocycles. The monoisotopic (exact) mass is 598 g/mol. The molecule has 0 fully saturated rings. The normalized spacial score (nSPS) is 12.4. The summed E-state index contributed by atoms with van der Waals surface area (Å²) in [6.07, 6.45) is -0.484. The Morgan fingerprint density at radius 2 is 1.52 bits per heavy atom. The van der Waals surface area contributed by atoms with Gasteiger partial charge in [0.15, 0.2) is 23.2 Å². The molecular weight excluding hydrogens is 564 g/mol. The summed E-state index contributed by atoms with van der Waals surface area (Å²) in [4.78, 5) is 66.5. The fraction of sp³-hybridized carbons (Fsp3) is 0.414. The Morgan fingerprint density at radius 1 is 0.952 bits per heavy atom. The minimum absolute atomic E-state index is 0. The number of rotatable bonds is 13. The van der Waals surface area contributed by atoms with E-state index >= 15 is 0 Å². The minimum atomic E-state index is -1.87. The van der Waals surface area contributed by atoms with Gasteiger partial charge in [0.2, 0.25) is 17.4 Å². The van der Waals surface area contributed by atoms with Gasteiger partial charge in [-0.1, -0.05) is 46.4 Å². The maximum absolute atomic E-state index is 13.8. The summed E-state index contributed by atoms with van der Waals surface area (Å²) in [5.41, 5.74) is 2.81. The van der Waals surface area contributed by atoms with Crippen molar-refractivity contribution in [3.8, 4) is 5.75 Å². The van der Waals surface area contributed by atoms with Gasteiger partial charge in [0.05, 0.1) is 0 Å². The van der Waals surface area contributed by atoms with E-state index in [9.17, 15) is 41.5 Å². The zero-order valence-corrected chi connectivity index (χ0v) is 23.0. The number of hydroxylamine groups is 1. The molecular formula is C29H34F4N2O7. The Bertz CT molecular complexity index is 1320. The van der Waals surface area contributed by atoms with Gasteiger partial charge in [0.25, 0.3) is 5.91 Å². The molecule has 0 radical (unpaired) electrons. The predicted octanol–water partition coefficient (Wildman–Crippen LogP) is 4.75. The molecule has 0 saturated heterocycles. The van der Waals surface area contributed by atoms with Crippen molar-refractivity contribution in [1.29, 1.82) is 0 Å². The van der Waals surface area contributed by atoms with E-state index in [1.54, 1.807) is 24.3 Å². The van der Waals surface area contributed by atoms with Gasteiger partial charge in [-0.2, -0.15) is 8.78 Å². The van der Waals surface area contributed by atoms with Gasteiger partial charge in [-0.3, -0.25) is 14.4 Å². The van der Waals surface area contributed by atoms with Crippen molar-refractivity contribution in [1.82, 2.24) is 5.48 Å². The lowest BCUT2D eigenvalue weighted by Crippen LogP contribution is -2.43. The van der Waals surface area contributed by atoms with Gasteiger partial charge in [-0.25, -0.2) is 13.6 Å². The Hall–Kier alpha value is -4.13. The highest BCUT2D eigenvalue weighted by Crippen LogP contribution is 2.29. The SMILES string of the molecule is C.CC(=O)CCC(NOC(=O)C(C)C(=O)C(=O)Nc1ccccc1C(C)(C)C)C(=O)COc1c(F)c(F)cc(F)c1F. The quantitative estimate of drug-likeness (QED) is 0.111. The molecule has 42 heavy (non-hydrogen) atoms. The highest BCUT2D eigenvalue weighted by Gasteiger charge is 2.32. The van der Waals surface area contributed by atoms with Crippen molar-refractivity contribution >= 4 is 34.9 Å². The van der Waals surface area contributed by atoms with Crippen LogP contribution in [-0.2, 0) is 34.2 Å². The van der Waals surface area contributed by atoms with Crippen LogP contribution >= 0.6 is 0 Å². The number of para-hydroxylation sites is 1. The molecule has 9 nitrogen and oxygen atoms in total. The number of anilines is 1. The Morgan fingerprint density at radius 3 is 2.07 bits per heavy atom. The molecule has 1 amide bonds. The first-order valence-corrected chi connectivity index (χ1v) is 12.4. The van der Waals surface area contributed by atoms with Gasteiger partial charge in [-0.15, -0.1) is 5.48 Å². The third-order valence-electron chi connectivity index (χ3n) is 5.86. The number of Topliss-reactive ketones (excluding diaryl/α,β-unsaturated/α-hetero) is 3. The zero-order valence-electron chi connectivity index (χ0n) is 23.0. The molecule has 0 heterocycles. The topological polar surface area (TPSA) is 128 Å². The first-order valence-electron chi connectivity index (χ1n) is 12.4. The first-order chi connectivity index (χ1) is 19.0. The summed E-state index contributed by atoms with van der Waals surface area (Å²) >= 11 is 0. The van der Waals surface area contributed by atoms with Gasteiger partial charge in [0, 0.05) is 18.2 Å². The molecule has 0 aliphatic carbocycles. The van der Waals surface area contributed by atoms with E-state index in [4.69, 9.17) is 4.84 Å². The third kappa shape index (κ3) is 9.47. The van der Waals surface area contributed by atoms with Gasteiger partial charge >= 0.3 is 5.97 Å². The summed E-state index contributed by atoms with van der Waals surface area (Å²) in [5, 5.41) is 2.48. The van der Waals surface area contributed by atoms with E-state index in [1.807, 2.05) is 20.8 Å². The molecule has 2 rings (SSSR count). The van der Waals surface area contributed by atoms with Crippen LogP contribution in [0.25, 0.3) is 0 Å². The van der Waals surface area contributed by atoms with Crippen LogP contribution in [-0.4, -0.2) is 41.9 Å². The van der Waals surface area contributed by atoms with Crippen LogP contribution in [0.3, 0.4) is 0 Å². The highest BCUT2D eigenvalue weighted by atomic mass is 19.2. The van der Waals surface area contributed by atoms with Gasteiger partial charge < -0.3 is 19.7 Å². The van der Waals surface area contributed by atoms with Gasteiger partial charge in [0.1, 0.15) is 24.3 Å². The standard InChI is InChI=1S/C28H30F4N2O7.CH4/c1-14(35)10-11-20(21(36)13-40-25-22(31)17(29)12-18(30)23(25)32)34-41-27(39)15(2)24(37)26(38)33-19-9-7-6-8-16(19)28(3,4)5;/h6-9,12,15,20,34H,10-11,13H2,1-5H3,(H,33,38);1H4. The molecule has 0 aliphatic rings. The summed E-state index contributed by atoms with van der Waals surface area (Å²) in [6, 6.07) is 5.27. The Labute approximate surface area is 240 Å². The third-order valence-corrected chi connectivity index (χ3v) is 5.86. The lowest BCUT2D eigenvalue weighted by atomic mass is 9.86. The average Bonchev–Trinajstić information content (AvgIpc) is 2.90. The molecule has 0 spiro atoms. The summed E-state index contributed by atoms with van der Waals surface area (Å²) in [5.74, 6) is -15.2. The van der Waals surface area contributed by atoms with Crippen molar-refractivity contribution in [3.63, 3.8) is 0 Å². The molecule has 2 aromatic rings. The number of hydrogen-bond acceptors (Lipinski definition) is 8. The van der Waals surface area contributed by atoms with E-state index in [0.717, 1.165) is 12.5 Å². The molecule has 2 unspecified atom stereocenters. The van der Waals surface area contributed by atoms with Crippen molar-refractivity contribution in [2.45, 2.75) is 66.3 Å². The number of nitrogens with one attached hydrogen (secondary N) is 2. The van der Waals surface area contributed by atoms with E-state index in [0.29, 0.717) is 5.69 Å². The second kappa shape index (κ2) is 15.2. The second-order valence-electron chi connectivity index (χ2n) is 10.2. The molecule has 0 saturated carbocycles. The largest absolute Gasteiger partial charge is 0.479 e. The van der Waals surface area contributed by atoms with E-state index < -0.39 is 71.0 Å². The van der Waals surface area contributed by atoms with E-state index in [-0.39, 0.29) is 37.5 Å². The van der Waals surface area contributed by atoms with E-state index in [2.05, 4.69) is 15.5 Å².